The second-order valence-electron chi connectivity index (χ2n) is 5.77. The van der Waals surface area contributed by atoms with Crippen LogP contribution in [0.2, 0.25) is 5.02 Å². The largest absolute Gasteiger partial charge is 0.493 e. The second kappa shape index (κ2) is 9.46. The van der Waals surface area contributed by atoms with Crippen molar-refractivity contribution in [2.75, 3.05) is 6.61 Å². The van der Waals surface area contributed by atoms with Crippen LogP contribution in [0, 0.1) is 18.3 Å². The molecule has 2 aromatic rings. The Labute approximate surface area is 159 Å². The van der Waals surface area contributed by atoms with Gasteiger partial charge in [-0.3, -0.25) is 0 Å². The van der Waals surface area contributed by atoms with E-state index in [0.717, 1.165) is 24.8 Å². The third-order valence-corrected chi connectivity index (χ3v) is 5.29. The zero-order chi connectivity index (χ0) is 19.0. The summed E-state index contributed by atoms with van der Waals surface area (Å²) < 4.78 is 35.8. The van der Waals surface area contributed by atoms with E-state index in [1.54, 1.807) is 18.2 Å². The standard InChI is InChI=1S/C19H20ClNO4S/c1-15-12-16(24-11-7-3-2-6-10-21)14-17(13-15)25-26(22,23)19-9-5-4-8-18(19)20/h4-5,8-9,12-14H,2-3,6-7,11H2,1H3. The molecule has 0 amide bonds. The van der Waals surface area contributed by atoms with Crippen molar-refractivity contribution in [2.24, 2.45) is 0 Å². The number of nitriles is 1. The molecule has 0 radical (unpaired) electrons. The first kappa shape index (κ1) is 20.1. The lowest BCUT2D eigenvalue weighted by Crippen LogP contribution is -2.10. The van der Waals surface area contributed by atoms with E-state index in [4.69, 9.17) is 25.8 Å². The van der Waals surface area contributed by atoms with Crippen LogP contribution >= 0.6 is 11.6 Å². The van der Waals surface area contributed by atoms with Gasteiger partial charge in [0.1, 0.15) is 16.4 Å². The number of unbranched alkanes of at least 4 members (excludes halogenated alkanes) is 3. The maximum absolute atomic E-state index is 12.4. The minimum atomic E-state index is -4.03. The van der Waals surface area contributed by atoms with Crippen LogP contribution in [0.4, 0.5) is 0 Å². The van der Waals surface area contributed by atoms with Gasteiger partial charge < -0.3 is 8.92 Å². The van der Waals surface area contributed by atoms with Crippen molar-refractivity contribution in [3.63, 3.8) is 0 Å². The lowest BCUT2D eigenvalue weighted by Gasteiger charge is -2.12. The molecule has 0 aliphatic rings. The molecule has 0 saturated carbocycles. The number of nitrogens with zero attached hydrogens (tertiary/aromatic N) is 1. The summed E-state index contributed by atoms with van der Waals surface area (Å²) in [6.07, 6.45) is 3.12. The minimum absolute atomic E-state index is 0.0804. The zero-order valence-corrected chi connectivity index (χ0v) is 16.0. The van der Waals surface area contributed by atoms with Gasteiger partial charge in [-0.15, -0.1) is 0 Å². The highest BCUT2D eigenvalue weighted by molar-refractivity contribution is 7.87. The van der Waals surface area contributed by atoms with Gasteiger partial charge in [0.2, 0.25) is 0 Å². The monoisotopic (exact) mass is 393 g/mol. The summed E-state index contributed by atoms with van der Waals surface area (Å²) >= 11 is 5.95. The minimum Gasteiger partial charge on any atom is -0.493 e. The Balaban J connectivity index is 2.05. The van der Waals surface area contributed by atoms with E-state index in [1.807, 2.05) is 13.0 Å². The fourth-order valence-electron chi connectivity index (χ4n) is 2.34. The van der Waals surface area contributed by atoms with Crippen LogP contribution in [0.3, 0.4) is 0 Å². The lowest BCUT2D eigenvalue weighted by molar-refractivity contribution is 0.304. The second-order valence-corrected chi connectivity index (χ2v) is 7.69. The number of hydrogen-bond donors (Lipinski definition) is 0. The summed E-state index contributed by atoms with van der Waals surface area (Å²) in [4.78, 5) is -0.0804. The molecule has 0 fully saturated rings. The number of rotatable bonds is 9. The first-order valence-electron chi connectivity index (χ1n) is 8.23. The molecule has 0 atom stereocenters. The molecule has 2 aromatic carbocycles. The molecular formula is C19H20ClNO4S. The molecule has 0 aliphatic heterocycles. The fraction of sp³-hybridized carbons (Fsp3) is 0.316. The van der Waals surface area contributed by atoms with Crippen LogP contribution in [0.15, 0.2) is 47.4 Å². The highest BCUT2D eigenvalue weighted by Crippen LogP contribution is 2.28. The maximum atomic E-state index is 12.4. The van der Waals surface area contributed by atoms with E-state index in [1.165, 1.54) is 18.2 Å². The number of benzene rings is 2. The van der Waals surface area contributed by atoms with Crippen molar-refractivity contribution in [1.29, 1.82) is 5.26 Å². The first-order valence-corrected chi connectivity index (χ1v) is 10.0. The van der Waals surface area contributed by atoms with Gasteiger partial charge in [-0.2, -0.15) is 13.7 Å². The van der Waals surface area contributed by atoms with Gasteiger partial charge in [0.15, 0.2) is 0 Å². The molecule has 0 aliphatic carbocycles. The molecule has 0 aromatic heterocycles. The lowest BCUT2D eigenvalue weighted by atomic mass is 10.2. The third kappa shape index (κ3) is 5.94. The molecule has 0 spiro atoms. The van der Waals surface area contributed by atoms with E-state index in [0.29, 0.717) is 18.8 Å². The van der Waals surface area contributed by atoms with E-state index < -0.39 is 10.1 Å². The van der Waals surface area contributed by atoms with Gasteiger partial charge in [-0.05, 0) is 56.0 Å². The van der Waals surface area contributed by atoms with Gasteiger partial charge >= 0.3 is 10.1 Å². The summed E-state index contributed by atoms with van der Waals surface area (Å²) in [7, 11) is -4.03. The van der Waals surface area contributed by atoms with E-state index in [2.05, 4.69) is 6.07 Å². The van der Waals surface area contributed by atoms with Gasteiger partial charge in [-0.25, -0.2) is 0 Å². The van der Waals surface area contributed by atoms with Gasteiger partial charge in [0.05, 0.1) is 17.7 Å². The van der Waals surface area contributed by atoms with Crippen LogP contribution in [0.5, 0.6) is 11.5 Å². The molecule has 7 heteroatoms. The maximum Gasteiger partial charge on any atom is 0.340 e. The summed E-state index contributed by atoms with van der Waals surface area (Å²) in [5, 5.41) is 8.61. The molecule has 0 N–H and O–H groups in total. The SMILES string of the molecule is Cc1cc(OCCCCCC#N)cc(OS(=O)(=O)c2ccccc2Cl)c1. The predicted molar refractivity (Wildman–Crippen MR) is 100 cm³/mol. The quantitative estimate of drug-likeness (QED) is 0.448. The van der Waals surface area contributed by atoms with Crippen LogP contribution in [0.25, 0.3) is 0 Å². The Morgan fingerprint density at radius 1 is 1.08 bits per heavy atom. The molecule has 2 rings (SSSR count). The average molecular weight is 394 g/mol. The Hall–Kier alpha value is -2.23. The summed E-state index contributed by atoms with van der Waals surface area (Å²) in [6, 6.07) is 13.2. The van der Waals surface area contributed by atoms with Crippen LogP contribution < -0.4 is 8.92 Å². The van der Waals surface area contributed by atoms with Gasteiger partial charge in [0.25, 0.3) is 0 Å². The number of halogens is 1. The first-order chi connectivity index (χ1) is 12.4. The number of aryl methyl sites for hydroxylation is 1. The van der Waals surface area contributed by atoms with Crippen LogP contribution in [-0.4, -0.2) is 15.0 Å². The Morgan fingerprint density at radius 3 is 2.54 bits per heavy atom. The van der Waals surface area contributed by atoms with Crippen molar-refractivity contribution < 1.29 is 17.3 Å². The number of hydrogen-bond acceptors (Lipinski definition) is 5. The Morgan fingerprint density at radius 2 is 1.81 bits per heavy atom. The fourth-order valence-corrected chi connectivity index (χ4v) is 3.75. The van der Waals surface area contributed by atoms with E-state index >= 15 is 0 Å². The molecule has 0 bridgehead atoms. The van der Waals surface area contributed by atoms with Gasteiger partial charge in [0, 0.05) is 12.5 Å². The summed E-state index contributed by atoms with van der Waals surface area (Å²) in [6.45, 7) is 2.32. The van der Waals surface area contributed by atoms with Crippen molar-refractivity contribution >= 4 is 21.7 Å². The highest BCUT2D eigenvalue weighted by atomic mass is 35.5. The van der Waals surface area contributed by atoms with Gasteiger partial charge in [-0.1, -0.05) is 23.7 Å². The molecule has 138 valence electrons. The van der Waals surface area contributed by atoms with Crippen molar-refractivity contribution in [1.82, 2.24) is 0 Å². The predicted octanol–water partition coefficient (Wildman–Crippen LogP) is 4.88. The van der Waals surface area contributed by atoms with Crippen LogP contribution in [0.1, 0.15) is 31.2 Å². The molecular weight excluding hydrogens is 374 g/mol. The Bertz CT molecular complexity index is 891. The summed E-state index contributed by atoms with van der Waals surface area (Å²) in [5.41, 5.74) is 0.816. The van der Waals surface area contributed by atoms with Crippen LogP contribution in [-0.2, 0) is 10.1 Å². The normalized spacial score (nSPS) is 11.0. The van der Waals surface area contributed by atoms with E-state index in [9.17, 15) is 8.42 Å². The molecule has 0 heterocycles. The Kier molecular flexibility index (Phi) is 7.31. The average Bonchev–Trinajstić information content (AvgIpc) is 2.57. The topological polar surface area (TPSA) is 76.4 Å². The molecule has 0 unspecified atom stereocenters. The molecule has 26 heavy (non-hydrogen) atoms. The number of ether oxygens (including phenoxy) is 1. The van der Waals surface area contributed by atoms with Crippen molar-refractivity contribution in [2.45, 2.75) is 37.5 Å². The molecule has 5 nitrogen and oxygen atoms in total. The molecule has 0 saturated heterocycles. The van der Waals surface area contributed by atoms with Crippen molar-refractivity contribution in [3.8, 4) is 17.6 Å². The third-order valence-electron chi connectivity index (χ3n) is 3.54. The highest BCUT2D eigenvalue weighted by Gasteiger charge is 2.20. The zero-order valence-electron chi connectivity index (χ0n) is 14.4. The van der Waals surface area contributed by atoms with E-state index in [-0.39, 0.29) is 15.7 Å². The summed E-state index contributed by atoms with van der Waals surface area (Å²) in [5.74, 6) is 0.707. The smallest absolute Gasteiger partial charge is 0.340 e. The van der Waals surface area contributed by atoms with Crippen molar-refractivity contribution in [3.05, 3.63) is 53.1 Å².